The van der Waals surface area contributed by atoms with Gasteiger partial charge in [0.1, 0.15) is 5.82 Å². The van der Waals surface area contributed by atoms with Crippen LogP contribution >= 0.6 is 12.4 Å². The lowest BCUT2D eigenvalue weighted by Gasteiger charge is -2.28. The number of benzene rings is 2. The topological polar surface area (TPSA) is 41.6 Å². The molecule has 1 atom stereocenters. The van der Waals surface area contributed by atoms with Gasteiger partial charge in [-0.25, -0.2) is 4.39 Å². The van der Waals surface area contributed by atoms with Gasteiger partial charge in [0.2, 0.25) is 5.91 Å². The van der Waals surface area contributed by atoms with E-state index in [1.54, 1.807) is 12.1 Å². The SMILES string of the molecule is CN1CCC(C(=O)NCC(COCc2ccc(F)cc2)c2ccccc2)CC1.Cl. The molecule has 1 aliphatic rings. The molecule has 1 saturated heterocycles. The van der Waals surface area contributed by atoms with Crippen molar-refractivity contribution in [3.05, 3.63) is 71.5 Å². The molecular weight excluding hydrogens is 391 g/mol. The lowest BCUT2D eigenvalue weighted by molar-refractivity contribution is -0.126. The highest BCUT2D eigenvalue weighted by Gasteiger charge is 2.24. The minimum absolute atomic E-state index is 0. The number of carbonyl (C=O) groups excluding carboxylic acids is 1. The molecule has 1 fully saturated rings. The Bertz CT molecular complexity index is 734. The van der Waals surface area contributed by atoms with Crippen LogP contribution < -0.4 is 5.32 Å². The number of ether oxygens (including phenoxy) is 1. The lowest BCUT2D eigenvalue weighted by atomic mass is 9.95. The zero-order valence-electron chi connectivity index (χ0n) is 16.9. The van der Waals surface area contributed by atoms with Gasteiger partial charge >= 0.3 is 0 Å². The number of hydrogen-bond donors (Lipinski definition) is 1. The summed E-state index contributed by atoms with van der Waals surface area (Å²) in [5, 5.41) is 3.13. The number of likely N-dealkylation sites (tertiary alicyclic amines) is 1. The summed E-state index contributed by atoms with van der Waals surface area (Å²) in [7, 11) is 2.10. The molecule has 1 N–H and O–H groups in total. The number of nitrogens with zero attached hydrogens (tertiary/aromatic N) is 1. The normalized spacial score (nSPS) is 16.1. The predicted molar refractivity (Wildman–Crippen MR) is 116 cm³/mol. The second-order valence-corrected chi connectivity index (χ2v) is 7.57. The van der Waals surface area contributed by atoms with Crippen molar-refractivity contribution in [3.63, 3.8) is 0 Å². The van der Waals surface area contributed by atoms with Crippen LogP contribution in [0.2, 0.25) is 0 Å². The number of rotatable bonds is 8. The average molecular weight is 421 g/mol. The molecule has 1 unspecified atom stereocenters. The number of amides is 1. The number of nitrogens with one attached hydrogen (secondary N) is 1. The van der Waals surface area contributed by atoms with Gasteiger partial charge in [-0.1, -0.05) is 42.5 Å². The monoisotopic (exact) mass is 420 g/mol. The molecule has 0 saturated carbocycles. The van der Waals surface area contributed by atoms with Gasteiger partial charge < -0.3 is 15.0 Å². The van der Waals surface area contributed by atoms with Gasteiger partial charge in [0.05, 0.1) is 13.2 Å². The molecule has 29 heavy (non-hydrogen) atoms. The Morgan fingerprint density at radius 2 is 1.79 bits per heavy atom. The Kier molecular flexibility index (Phi) is 9.58. The van der Waals surface area contributed by atoms with Crippen molar-refractivity contribution >= 4 is 18.3 Å². The molecule has 3 rings (SSSR count). The third kappa shape index (κ3) is 7.42. The Labute approximate surface area is 178 Å². The maximum atomic E-state index is 13.0. The van der Waals surface area contributed by atoms with E-state index in [0.717, 1.165) is 37.1 Å². The molecule has 1 amide bonds. The first-order chi connectivity index (χ1) is 13.6. The maximum Gasteiger partial charge on any atom is 0.223 e. The summed E-state index contributed by atoms with van der Waals surface area (Å²) in [5.74, 6) is 0.0831. The zero-order chi connectivity index (χ0) is 19.8. The Morgan fingerprint density at radius 1 is 1.14 bits per heavy atom. The third-order valence-corrected chi connectivity index (χ3v) is 5.38. The van der Waals surface area contributed by atoms with Crippen LogP contribution in [-0.4, -0.2) is 44.1 Å². The van der Waals surface area contributed by atoms with Gasteiger partial charge in [0.25, 0.3) is 0 Å². The van der Waals surface area contributed by atoms with E-state index in [0.29, 0.717) is 19.8 Å². The molecule has 0 spiro atoms. The zero-order valence-corrected chi connectivity index (χ0v) is 17.7. The van der Waals surface area contributed by atoms with Gasteiger partial charge in [0, 0.05) is 18.4 Å². The number of hydrogen-bond acceptors (Lipinski definition) is 3. The standard InChI is InChI=1S/C23H29FN2O2.ClH/c1-26-13-11-20(12-14-26)23(27)25-15-21(19-5-3-2-4-6-19)17-28-16-18-7-9-22(24)10-8-18;/h2-10,20-21H,11-17H2,1H3,(H,25,27);1H. The fourth-order valence-corrected chi connectivity index (χ4v) is 3.54. The molecule has 6 heteroatoms. The lowest BCUT2D eigenvalue weighted by Crippen LogP contribution is -2.40. The third-order valence-electron chi connectivity index (χ3n) is 5.38. The van der Waals surface area contributed by atoms with Crippen LogP contribution in [0.4, 0.5) is 4.39 Å². The van der Waals surface area contributed by atoms with E-state index in [-0.39, 0.29) is 36.0 Å². The van der Waals surface area contributed by atoms with Crippen LogP contribution in [0.5, 0.6) is 0 Å². The van der Waals surface area contributed by atoms with Crippen molar-refractivity contribution in [2.24, 2.45) is 5.92 Å². The Balaban J connectivity index is 0.00000300. The van der Waals surface area contributed by atoms with Crippen molar-refractivity contribution in [2.45, 2.75) is 25.4 Å². The molecule has 0 aliphatic carbocycles. The molecule has 0 aromatic heterocycles. The second kappa shape index (κ2) is 11.9. The minimum atomic E-state index is -0.248. The van der Waals surface area contributed by atoms with E-state index >= 15 is 0 Å². The smallest absolute Gasteiger partial charge is 0.223 e. The fraction of sp³-hybridized carbons (Fsp3) is 0.435. The van der Waals surface area contributed by atoms with Crippen LogP contribution in [0, 0.1) is 11.7 Å². The Morgan fingerprint density at radius 3 is 2.45 bits per heavy atom. The predicted octanol–water partition coefficient (Wildman–Crippen LogP) is 4.01. The van der Waals surface area contributed by atoms with Crippen LogP contribution in [0.15, 0.2) is 54.6 Å². The molecule has 158 valence electrons. The Hall–Kier alpha value is -1.95. The van der Waals surface area contributed by atoms with E-state index in [1.807, 2.05) is 18.2 Å². The largest absolute Gasteiger partial charge is 0.376 e. The molecule has 0 bridgehead atoms. The van der Waals surface area contributed by atoms with Crippen LogP contribution in [0.3, 0.4) is 0 Å². The van der Waals surface area contributed by atoms with Crippen molar-refractivity contribution in [2.75, 3.05) is 33.3 Å². The van der Waals surface area contributed by atoms with E-state index < -0.39 is 0 Å². The van der Waals surface area contributed by atoms with Gasteiger partial charge in [-0.2, -0.15) is 0 Å². The molecule has 1 heterocycles. The summed E-state index contributed by atoms with van der Waals surface area (Å²) in [4.78, 5) is 14.8. The first-order valence-electron chi connectivity index (χ1n) is 9.95. The van der Waals surface area contributed by atoms with Crippen LogP contribution in [0.1, 0.15) is 29.9 Å². The summed E-state index contributed by atoms with van der Waals surface area (Å²) in [6, 6.07) is 16.5. The van der Waals surface area contributed by atoms with Gasteiger partial charge in [-0.15, -0.1) is 12.4 Å². The van der Waals surface area contributed by atoms with Crippen molar-refractivity contribution in [1.82, 2.24) is 10.2 Å². The molecular formula is C23H30ClFN2O2. The van der Waals surface area contributed by atoms with E-state index in [1.165, 1.54) is 12.1 Å². The quantitative estimate of drug-likeness (QED) is 0.701. The highest BCUT2D eigenvalue weighted by molar-refractivity contribution is 5.85. The van der Waals surface area contributed by atoms with E-state index in [9.17, 15) is 9.18 Å². The van der Waals surface area contributed by atoms with Crippen LogP contribution in [0.25, 0.3) is 0 Å². The summed E-state index contributed by atoms with van der Waals surface area (Å²) in [6.45, 7) is 3.42. The highest BCUT2D eigenvalue weighted by Crippen LogP contribution is 2.19. The second-order valence-electron chi connectivity index (χ2n) is 7.57. The molecule has 1 aliphatic heterocycles. The van der Waals surface area contributed by atoms with E-state index in [2.05, 4.69) is 29.4 Å². The van der Waals surface area contributed by atoms with Crippen LogP contribution in [-0.2, 0) is 16.1 Å². The van der Waals surface area contributed by atoms with Crippen molar-refractivity contribution in [1.29, 1.82) is 0 Å². The van der Waals surface area contributed by atoms with Crippen molar-refractivity contribution in [3.8, 4) is 0 Å². The number of halogens is 2. The first-order valence-corrected chi connectivity index (χ1v) is 9.95. The first kappa shape index (κ1) is 23.3. The number of piperidine rings is 1. The maximum absolute atomic E-state index is 13.0. The molecule has 2 aromatic carbocycles. The van der Waals surface area contributed by atoms with Gasteiger partial charge in [-0.3, -0.25) is 4.79 Å². The summed E-state index contributed by atoms with van der Waals surface area (Å²) >= 11 is 0. The fourth-order valence-electron chi connectivity index (χ4n) is 3.54. The minimum Gasteiger partial charge on any atom is -0.376 e. The number of carbonyl (C=O) groups is 1. The molecule has 2 aromatic rings. The summed E-state index contributed by atoms with van der Waals surface area (Å²) in [6.07, 6.45) is 1.83. The van der Waals surface area contributed by atoms with Gasteiger partial charge in [-0.05, 0) is 56.2 Å². The summed E-state index contributed by atoms with van der Waals surface area (Å²) in [5.41, 5.74) is 2.08. The van der Waals surface area contributed by atoms with Crippen molar-refractivity contribution < 1.29 is 13.9 Å². The molecule has 0 radical (unpaired) electrons. The van der Waals surface area contributed by atoms with E-state index in [4.69, 9.17) is 4.74 Å². The average Bonchev–Trinajstić information content (AvgIpc) is 2.73. The van der Waals surface area contributed by atoms with Gasteiger partial charge in [0.15, 0.2) is 0 Å². The molecule has 4 nitrogen and oxygen atoms in total. The summed E-state index contributed by atoms with van der Waals surface area (Å²) < 4.78 is 18.9. The highest BCUT2D eigenvalue weighted by atomic mass is 35.5.